The van der Waals surface area contributed by atoms with Gasteiger partial charge in [0.15, 0.2) is 11.5 Å². The molecular formula is C12H16N2O3S. The molecule has 1 aliphatic heterocycles. The number of nitrogens with zero attached hydrogens (tertiary/aromatic N) is 1. The van der Waals surface area contributed by atoms with E-state index in [4.69, 9.17) is 14.6 Å². The Bertz CT molecular complexity index is 476. The Balaban J connectivity index is 2.22. The van der Waals surface area contributed by atoms with Crippen molar-refractivity contribution in [2.45, 2.75) is 25.9 Å². The maximum absolute atomic E-state index is 11.7. The lowest BCUT2D eigenvalue weighted by Gasteiger charge is -2.18. The molecule has 0 unspecified atom stereocenters. The number of carbonyl (C=O) groups is 1. The highest BCUT2D eigenvalue weighted by molar-refractivity contribution is 7.95. The number of ether oxygens (including phenoxy) is 2. The molecule has 0 fully saturated rings. The molecule has 98 valence electrons. The van der Waals surface area contributed by atoms with Crippen molar-refractivity contribution in [3.63, 3.8) is 0 Å². The number of fused-ring (bicyclic) bond motifs is 1. The lowest BCUT2D eigenvalue weighted by Crippen LogP contribution is -2.26. The van der Waals surface area contributed by atoms with Crippen molar-refractivity contribution < 1.29 is 14.3 Å². The summed E-state index contributed by atoms with van der Waals surface area (Å²) in [4.78, 5) is 11.7. The van der Waals surface area contributed by atoms with Gasteiger partial charge in [-0.2, -0.15) is 0 Å². The fraction of sp³-hybridized carbons (Fsp3) is 0.417. The lowest BCUT2D eigenvalue weighted by atomic mass is 10.0. The highest BCUT2D eigenvalue weighted by atomic mass is 32.2. The fourth-order valence-corrected chi connectivity index (χ4v) is 1.99. The van der Waals surface area contributed by atoms with E-state index in [-0.39, 0.29) is 5.60 Å². The molecule has 18 heavy (non-hydrogen) atoms. The Labute approximate surface area is 110 Å². The van der Waals surface area contributed by atoms with E-state index >= 15 is 0 Å². The molecule has 5 nitrogen and oxygen atoms in total. The first-order chi connectivity index (χ1) is 8.43. The van der Waals surface area contributed by atoms with Crippen LogP contribution in [0.1, 0.15) is 19.4 Å². The van der Waals surface area contributed by atoms with E-state index in [0.29, 0.717) is 11.5 Å². The van der Waals surface area contributed by atoms with Gasteiger partial charge >= 0.3 is 6.09 Å². The van der Waals surface area contributed by atoms with Crippen LogP contribution >= 0.6 is 12.1 Å². The van der Waals surface area contributed by atoms with Gasteiger partial charge in [-0.15, -0.1) is 0 Å². The molecule has 0 spiro atoms. The van der Waals surface area contributed by atoms with Crippen LogP contribution < -0.4 is 14.6 Å². The summed E-state index contributed by atoms with van der Waals surface area (Å²) < 4.78 is 12.3. The fourth-order valence-electron chi connectivity index (χ4n) is 1.87. The molecule has 1 aromatic carbocycles. The Morgan fingerprint density at radius 2 is 2.28 bits per heavy atom. The summed E-state index contributed by atoms with van der Waals surface area (Å²) in [6.07, 6.45) is 0.277. The summed E-state index contributed by atoms with van der Waals surface area (Å²) in [5.41, 5.74) is 0.785. The molecule has 2 rings (SSSR count). The van der Waals surface area contributed by atoms with Crippen LogP contribution in [-0.2, 0) is 6.42 Å². The second-order valence-corrected chi connectivity index (χ2v) is 5.51. The summed E-state index contributed by atoms with van der Waals surface area (Å²) in [5, 5.41) is 5.29. The van der Waals surface area contributed by atoms with Crippen molar-refractivity contribution in [3.8, 4) is 11.5 Å². The van der Waals surface area contributed by atoms with E-state index in [9.17, 15) is 4.79 Å². The van der Waals surface area contributed by atoms with Crippen molar-refractivity contribution in [3.05, 3.63) is 23.8 Å². The minimum absolute atomic E-state index is 0.265. The zero-order valence-corrected chi connectivity index (χ0v) is 11.4. The predicted octanol–water partition coefficient (Wildman–Crippen LogP) is 2.35. The summed E-state index contributed by atoms with van der Waals surface area (Å²) in [7, 11) is 1.54. The van der Waals surface area contributed by atoms with Crippen LogP contribution in [0.2, 0.25) is 0 Å². The molecule has 0 aliphatic carbocycles. The molecule has 0 atom stereocenters. The molecule has 0 radical (unpaired) electrons. The molecule has 0 bridgehead atoms. The predicted molar refractivity (Wildman–Crippen MR) is 70.4 cm³/mol. The largest absolute Gasteiger partial charge is 0.483 e. The van der Waals surface area contributed by atoms with E-state index in [1.54, 1.807) is 13.1 Å². The maximum atomic E-state index is 11.7. The summed E-state index contributed by atoms with van der Waals surface area (Å²) in [6.45, 7) is 4.00. The third-order valence-electron chi connectivity index (χ3n) is 2.67. The number of carbonyl (C=O) groups excluding carboxylic acids is 1. The normalized spacial score (nSPS) is 15.8. The molecule has 1 aromatic rings. The maximum Gasteiger partial charge on any atom is 0.426 e. The van der Waals surface area contributed by atoms with E-state index in [1.165, 1.54) is 4.31 Å². The Morgan fingerprint density at radius 1 is 1.56 bits per heavy atom. The highest BCUT2D eigenvalue weighted by Gasteiger charge is 2.33. The van der Waals surface area contributed by atoms with Crippen molar-refractivity contribution in [2.75, 3.05) is 7.05 Å². The third-order valence-corrected chi connectivity index (χ3v) is 3.13. The third kappa shape index (κ3) is 2.54. The topological polar surface area (TPSA) is 64.8 Å². The van der Waals surface area contributed by atoms with E-state index < -0.39 is 6.09 Å². The van der Waals surface area contributed by atoms with Gasteiger partial charge in [0.05, 0.1) is 0 Å². The summed E-state index contributed by atoms with van der Waals surface area (Å²) in [6, 6.07) is 5.54. The second-order valence-electron chi connectivity index (χ2n) is 4.75. The van der Waals surface area contributed by atoms with E-state index in [0.717, 1.165) is 24.1 Å². The smallest absolute Gasteiger partial charge is 0.426 e. The average Bonchev–Trinajstić information content (AvgIpc) is 2.63. The van der Waals surface area contributed by atoms with Crippen LogP contribution in [0.4, 0.5) is 4.79 Å². The van der Waals surface area contributed by atoms with Gasteiger partial charge in [0.25, 0.3) is 0 Å². The molecule has 0 aromatic heterocycles. The number of hydrogen-bond acceptors (Lipinski definition) is 5. The van der Waals surface area contributed by atoms with Gasteiger partial charge in [-0.05, 0) is 19.9 Å². The first-order valence-electron chi connectivity index (χ1n) is 5.56. The zero-order valence-electron chi connectivity index (χ0n) is 10.6. The summed E-state index contributed by atoms with van der Waals surface area (Å²) in [5.74, 6) is 1.08. The van der Waals surface area contributed by atoms with E-state index in [1.807, 2.05) is 26.0 Å². The number of hydrogen-bond donors (Lipinski definition) is 1. The van der Waals surface area contributed by atoms with Gasteiger partial charge in [-0.25, -0.2) is 9.10 Å². The van der Waals surface area contributed by atoms with Crippen LogP contribution in [0.15, 0.2) is 18.2 Å². The number of para-hydroxylation sites is 1. The first kappa shape index (κ1) is 13.0. The lowest BCUT2D eigenvalue weighted by molar-refractivity contribution is 0.132. The van der Waals surface area contributed by atoms with Crippen molar-refractivity contribution in [2.24, 2.45) is 5.14 Å². The van der Waals surface area contributed by atoms with Crippen LogP contribution in [-0.4, -0.2) is 23.0 Å². The minimum Gasteiger partial charge on any atom is -0.483 e. The Morgan fingerprint density at radius 3 is 2.94 bits per heavy atom. The number of benzene rings is 1. The van der Waals surface area contributed by atoms with Gasteiger partial charge in [0.1, 0.15) is 5.60 Å². The monoisotopic (exact) mass is 268 g/mol. The molecule has 1 heterocycles. The minimum atomic E-state index is -0.524. The highest BCUT2D eigenvalue weighted by Crippen LogP contribution is 2.41. The number of rotatable bonds is 2. The second kappa shape index (κ2) is 4.70. The van der Waals surface area contributed by atoms with Crippen LogP contribution in [0.25, 0.3) is 0 Å². The van der Waals surface area contributed by atoms with Gasteiger partial charge in [0.2, 0.25) is 0 Å². The zero-order chi connectivity index (χ0) is 13.3. The molecule has 1 aliphatic rings. The Hall–Kier alpha value is -1.40. The standard InChI is InChI=1S/C12H16N2O3S/c1-12(2)7-8-5-4-6-9(10(8)17-12)16-11(15)14(3)18-13/h4-6H,7,13H2,1-3H3. The molecule has 6 heteroatoms. The van der Waals surface area contributed by atoms with Gasteiger partial charge < -0.3 is 9.47 Å². The van der Waals surface area contributed by atoms with Crippen molar-refractivity contribution in [1.82, 2.24) is 4.31 Å². The number of nitrogens with two attached hydrogens (primary N) is 1. The van der Waals surface area contributed by atoms with Crippen molar-refractivity contribution >= 4 is 18.2 Å². The molecule has 1 amide bonds. The quantitative estimate of drug-likeness (QED) is 0.834. The SMILES string of the molecule is CN(SN)C(=O)Oc1cccc2c1OC(C)(C)C2. The van der Waals surface area contributed by atoms with Crippen LogP contribution in [0, 0.1) is 0 Å². The van der Waals surface area contributed by atoms with Crippen molar-refractivity contribution in [1.29, 1.82) is 0 Å². The molecular weight excluding hydrogens is 252 g/mol. The van der Waals surface area contributed by atoms with Gasteiger partial charge in [0, 0.05) is 31.2 Å². The molecule has 0 saturated heterocycles. The van der Waals surface area contributed by atoms with Gasteiger partial charge in [-0.3, -0.25) is 5.14 Å². The summed E-state index contributed by atoms with van der Waals surface area (Å²) >= 11 is 0.803. The van der Waals surface area contributed by atoms with Gasteiger partial charge in [-0.1, -0.05) is 12.1 Å². The van der Waals surface area contributed by atoms with E-state index in [2.05, 4.69) is 0 Å². The van der Waals surface area contributed by atoms with Crippen LogP contribution in [0.5, 0.6) is 11.5 Å². The van der Waals surface area contributed by atoms with Crippen LogP contribution in [0.3, 0.4) is 0 Å². The molecule has 0 saturated carbocycles. The average molecular weight is 268 g/mol. The Kier molecular flexibility index (Phi) is 3.41. The number of amides is 1. The molecule has 2 N–H and O–H groups in total. The first-order valence-corrected chi connectivity index (χ1v) is 6.40.